The summed E-state index contributed by atoms with van der Waals surface area (Å²) in [6, 6.07) is 9.34. The monoisotopic (exact) mass is 552 g/mol. The zero-order chi connectivity index (χ0) is 28.1. The molecule has 0 fully saturated rings. The van der Waals surface area contributed by atoms with Crippen LogP contribution in [0, 0.1) is 11.6 Å². The number of pyridine rings is 1. The van der Waals surface area contributed by atoms with Crippen LogP contribution < -0.4 is 11.1 Å². The molecular formula is C25H21F5N4O3S. The van der Waals surface area contributed by atoms with Crippen molar-refractivity contribution in [3.05, 3.63) is 94.8 Å². The highest BCUT2D eigenvalue weighted by atomic mass is 32.2. The van der Waals surface area contributed by atoms with E-state index in [1.165, 1.54) is 25.1 Å². The van der Waals surface area contributed by atoms with Crippen molar-refractivity contribution < 1.29 is 35.2 Å². The van der Waals surface area contributed by atoms with Gasteiger partial charge in [0.15, 0.2) is 14.6 Å². The van der Waals surface area contributed by atoms with Crippen molar-refractivity contribution in [3.8, 4) is 0 Å². The lowest BCUT2D eigenvalue weighted by molar-refractivity contribution is -0.137. The van der Waals surface area contributed by atoms with Gasteiger partial charge in [-0.05, 0) is 61.9 Å². The molecule has 2 aromatic carbocycles. The van der Waals surface area contributed by atoms with Gasteiger partial charge < -0.3 is 11.1 Å². The second-order valence-corrected chi connectivity index (χ2v) is 11.5. The van der Waals surface area contributed by atoms with Crippen molar-refractivity contribution >= 4 is 27.3 Å². The van der Waals surface area contributed by atoms with Crippen LogP contribution in [0.5, 0.6) is 0 Å². The third-order valence-electron chi connectivity index (χ3n) is 6.45. The molecule has 38 heavy (non-hydrogen) atoms. The number of nitrogens with zero attached hydrogens (tertiary/aromatic N) is 2. The maximum atomic E-state index is 15.0. The highest BCUT2D eigenvalue weighted by molar-refractivity contribution is 7.93. The molecule has 0 saturated carbocycles. The van der Waals surface area contributed by atoms with Gasteiger partial charge in [0.1, 0.15) is 28.7 Å². The number of aromatic nitrogens is 1. The number of nitrogens with two attached hydrogens (primary N) is 1. The Morgan fingerprint density at radius 1 is 1.05 bits per heavy atom. The summed E-state index contributed by atoms with van der Waals surface area (Å²) in [6.07, 6.45) is -3.87. The number of amides is 1. The summed E-state index contributed by atoms with van der Waals surface area (Å²) in [5, 5.41) is 2.47. The number of carbonyl (C=O) groups excluding carboxylic acids is 1. The van der Waals surface area contributed by atoms with Crippen LogP contribution in [-0.4, -0.2) is 30.9 Å². The van der Waals surface area contributed by atoms with Gasteiger partial charge in [-0.25, -0.2) is 22.2 Å². The number of hydrogen-bond donors (Lipinski definition) is 2. The molecule has 13 heteroatoms. The zero-order valence-electron chi connectivity index (χ0n) is 20.0. The summed E-state index contributed by atoms with van der Waals surface area (Å²) >= 11 is 0. The van der Waals surface area contributed by atoms with Gasteiger partial charge in [0.05, 0.1) is 17.5 Å². The Bertz CT molecular complexity index is 1560. The third-order valence-corrected chi connectivity index (χ3v) is 9.09. The van der Waals surface area contributed by atoms with E-state index in [0.29, 0.717) is 6.07 Å². The van der Waals surface area contributed by atoms with Crippen LogP contribution in [0.4, 0.5) is 27.6 Å². The molecular weight excluding hydrogens is 531 g/mol. The molecule has 3 N–H and O–H groups in total. The fourth-order valence-electron chi connectivity index (χ4n) is 4.26. The average molecular weight is 553 g/mol. The molecule has 7 nitrogen and oxygen atoms in total. The minimum Gasteiger partial charge on any atom is -0.386 e. The van der Waals surface area contributed by atoms with Crippen LogP contribution in [0.3, 0.4) is 0 Å². The molecule has 0 radical (unpaired) electrons. The van der Waals surface area contributed by atoms with Crippen LogP contribution in [-0.2, 0) is 26.3 Å². The maximum absolute atomic E-state index is 15.0. The van der Waals surface area contributed by atoms with E-state index in [2.05, 4.69) is 15.3 Å². The topological polar surface area (TPSA) is 115 Å². The van der Waals surface area contributed by atoms with E-state index >= 15 is 0 Å². The lowest BCUT2D eigenvalue weighted by Crippen LogP contribution is -2.54. The van der Waals surface area contributed by atoms with Gasteiger partial charge in [-0.2, -0.15) is 13.2 Å². The van der Waals surface area contributed by atoms with Crippen LogP contribution in [0.1, 0.15) is 41.0 Å². The van der Waals surface area contributed by atoms with Gasteiger partial charge in [-0.3, -0.25) is 9.79 Å². The first-order valence-electron chi connectivity index (χ1n) is 11.1. The van der Waals surface area contributed by atoms with Crippen LogP contribution in [0.25, 0.3) is 0 Å². The molecule has 3 aromatic rings. The number of aliphatic imine (C=N–C) groups is 1. The summed E-state index contributed by atoms with van der Waals surface area (Å²) in [4.78, 5) is 20.4. The van der Waals surface area contributed by atoms with Gasteiger partial charge in [-0.15, -0.1) is 0 Å². The third kappa shape index (κ3) is 4.73. The summed E-state index contributed by atoms with van der Waals surface area (Å²) < 4.78 is 93.0. The molecule has 0 bridgehead atoms. The minimum atomic E-state index is -4.72. The molecule has 1 aromatic heterocycles. The predicted molar refractivity (Wildman–Crippen MR) is 130 cm³/mol. The van der Waals surface area contributed by atoms with Gasteiger partial charge in [0, 0.05) is 11.3 Å². The first-order chi connectivity index (χ1) is 17.6. The standard InChI is InChI=1S/C25H21F5N4O3S/c1-23(18-11-17(7-8-19(18)27)33-21(35)20-9-6-16(26)12-32-20)13-38(36,37)24(2,22(31)34-23)14-4-3-5-15(10-14)25(28,29)30/h3-12H,13H2,1-2H3,(H2,31,34)(H,33,35)/t23-,24?/m0/s1. The maximum Gasteiger partial charge on any atom is 0.416 e. The Morgan fingerprint density at radius 3 is 2.37 bits per heavy atom. The van der Waals surface area contributed by atoms with Crippen molar-refractivity contribution in [2.45, 2.75) is 30.3 Å². The number of carbonyl (C=O) groups is 1. The quantitative estimate of drug-likeness (QED) is 0.461. The van der Waals surface area contributed by atoms with Crippen molar-refractivity contribution in [3.63, 3.8) is 0 Å². The molecule has 1 aliphatic heterocycles. The molecule has 1 amide bonds. The number of sulfone groups is 1. The van der Waals surface area contributed by atoms with Gasteiger partial charge >= 0.3 is 6.18 Å². The van der Waals surface area contributed by atoms with Crippen LogP contribution in [0.15, 0.2) is 65.8 Å². The Kier molecular flexibility index (Phi) is 6.54. The van der Waals surface area contributed by atoms with Crippen molar-refractivity contribution in [2.75, 3.05) is 11.1 Å². The zero-order valence-corrected chi connectivity index (χ0v) is 20.8. The predicted octanol–water partition coefficient (Wildman–Crippen LogP) is 4.55. The first kappa shape index (κ1) is 27.2. The fourth-order valence-corrected chi connectivity index (χ4v) is 6.36. The highest BCUT2D eigenvalue weighted by Crippen LogP contribution is 2.44. The fraction of sp³-hybridized carbons (Fsp3) is 0.240. The van der Waals surface area contributed by atoms with Crippen molar-refractivity contribution in [1.29, 1.82) is 0 Å². The van der Waals surface area contributed by atoms with Crippen LogP contribution in [0.2, 0.25) is 0 Å². The van der Waals surface area contributed by atoms with E-state index in [1.54, 1.807) is 0 Å². The molecule has 1 aliphatic rings. The summed E-state index contributed by atoms with van der Waals surface area (Å²) in [7, 11) is -4.37. The molecule has 2 atom stereocenters. The number of benzene rings is 2. The number of anilines is 1. The van der Waals surface area contributed by atoms with Crippen LogP contribution >= 0.6 is 0 Å². The van der Waals surface area contributed by atoms with E-state index in [0.717, 1.165) is 43.5 Å². The average Bonchev–Trinajstić information content (AvgIpc) is 2.83. The number of amidine groups is 1. The van der Waals surface area contributed by atoms with E-state index in [-0.39, 0.29) is 22.5 Å². The normalized spacial score (nSPS) is 23.0. The summed E-state index contributed by atoms with van der Waals surface area (Å²) in [5.74, 6) is -3.54. The molecule has 1 unspecified atom stereocenters. The Morgan fingerprint density at radius 2 is 1.76 bits per heavy atom. The molecule has 2 heterocycles. The lowest BCUT2D eigenvalue weighted by atomic mass is 9.91. The largest absolute Gasteiger partial charge is 0.416 e. The number of halogens is 5. The molecule has 0 aliphatic carbocycles. The van der Waals surface area contributed by atoms with E-state index in [4.69, 9.17) is 5.73 Å². The summed E-state index contributed by atoms with van der Waals surface area (Å²) in [5.41, 5.74) is 2.76. The Hall–Kier alpha value is -3.87. The molecule has 200 valence electrons. The van der Waals surface area contributed by atoms with E-state index < -0.39 is 61.0 Å². The Labute approximate surface area is 214 Å². The lowest BCUT2D eigenvalue weighted by Gasteiger charge is -2.40. The summed E-state index contributed by atoms with van der Waals surface area (Å²) in [6.45, 7) is 2.47. The molecule has 0 saturated heterocycles. The SMILES string of the molecule is CC1(c2cccc(C(F)(F)F)c2)C(N)=N[C@](C)(c2cc(NC(=O)c3ccc(F)cn3)ccc2F)CS1(=O)=O. The smallest absolute Gasteiger partial charge is 0.386 e. The minimum absolute atomic E-state index is 0.0659. The highest BCUT2D eigenvalue weighted by Gasteiger charge is 2.53. The van der Waals surface area contributed by atoms with E-state index in [1.807, 2.05) is 0 Å². The molecule has 0 spiro atoms. The van der Waals surface area contributed by atoms with Crippen molar-refractivity contribution in [1.82, 2.24) is 4.98 Å². The Balaban J connectivity index is 1.75. The molecule has 4 rings (SSSR count). The number of hydrogen-bond acceptors (Lipinski definition) is 6. The number of nitrogens with one attached hydrogen (secondary N) is 1. The second-order valence-electron chi connectivity index (χ2n) is 9.15. The number of rotatable bonds is 4. The second kappa shape index (κ2) is 9.15. The van der Waals surface area contributed by atoms with Gasteiger partial charge in [0.25, 0.3) is 5.91 Å². The van der Waals surface area contributed by atoms with Crippen molar-refractivity contribution in [2.24, 2.45) is 10.7 Å². The van der Waals surface area contributed by atoms with Gasteiger partial charge in [-0.1, -0.05) is 12.1 Å². The van der Waals surface area contributed by atoms with Gasteiger partial charge in [0.2, 0.25) is 0 Å². The van der Waals surface area contributed by atoms with E-state index in [9.17, 15) is 35.2 Å². The number of alkyl halides is 3. The first-order valence-corrected chi connectivity index (χ1v) is 12.7.